The molecule has 0 radical (unpaired) electrons. The largest absolute Gasteiger partial charge is 0.382 e. The second-order valence-electron chi connectivity index (χ2n) is 6.09. The number of hydrogen-bond acceptors (Lipinski definition) is 2. The zero-order chi connectivity index (χ0) is 13.1. The summed E-state index contributed by atoms with van der Waals surface area (Å²) in [6.07, 6.45) is 4.05. The minimum absolute atomic E-state index is 0.638. The van der Waals surface area contributed by atoms with Crippen LogP contribution < -0.4 is 10.2 Å². The topological polar surface area (TPSA) is 15.3 Å². The van der Waals surface area contributed by atoms with Gasteiger partial charge in [0.15, 0.2) is 0 Å². The number of nitrogens with one attached hydrogen (secondary N) is 1. The van der Waals surface area contributed by atoms with E-state index >= 15 is 0 Å². The van der Waals surface area contributed by atoms with Gasteiger partial charge < -0.3 is 10.2 Å². The zero-order valence-corrected chi connectivity index (χ0v) is 12.1. The first-order chi connectivity index (χ1) is 8.56. The summed E-state index contributed by atoms with van der Waals surface area (Å²) in [6, 6.07) is 9.39. The number of rotatable bonds is 3. The molecule has 1 N–H and O–H groups in total. The number of hydrogen-bond donors (Lipinski definition) is 1. The highest BCUT2D eigenvalue weighted by Crippen LogP contribution is 2.30. The smallest absolute Gasteiger partial charge is 0.0362 e. The van der Waals surface area contributed by atoms with Gasteiger partial charge in [0.05, 0.1) is 0 Å². The first-order valence-corrected chi connectivity index (χ1v) is 7.10. The summed E-state index contributed by atoms with van der Waals surface area (Å²) in [4.78, 5) is 2.13. The van der Waals surface area contributed by atoms with Crippen LogP contribution in [0.15, 0.2) is 24.3 Å². The van der Waals surface area contributed by atoms with Crippen LogP contribution >= 0.6 is 0 Å². The fourth-order valence-corrected chi connectivity index (χ4v) is 2.80. The molecule has 18 heavy (non-hydrogen) atoms. The average Bonchev–Trinajstić information content (AvgIpc) is 2.34. The molecular weight excluding hydrogens is 220 g/mol. The van der Waals surface area contributed by atoms with E-state index in [4.69, 9.17) is 0 Å². The van der Waals surface area contributed by atoms with Gasteiger partial charge in [0.1, 0.15) is 0 Å². The zero-order valence-electron chi connectivity index (χ0n) is 12.1. The SMILES string of the molecule is CC1CCC(C)C(Nc2ccc(N(C)C)cc2)C1. The summed E-state index contributed by atoms with van der Waals surface area (Å²) < 4.78 is 0. The lowest BCUT2D eigenvalue weighted by atomic mass is 9.80. The molecule has 0 spiro atoms. The summed E-state index contributed by atoms with van der Waals surface area (Å²) in [5.41, 5.74) is 2.51. The number of nitrogens with zero attached hydrogens (tertiary/aromatic N) is 1. The highest BCUT2D eigenvalue weighted by Gasteiger charge is 2.25. The first-order valence-electron chi connectivity index (χ1n) is 7.10. The molecule has 0 aromatic heterocycles. The number of benzene rings is 1. The normalized spacial score (nSPS) is 27.9. The van der Waals surface area contributed by atoms with E-state index in [1.54, 1.807) is 0 Å². The van der Waals surface area contributed by atoms with Gasteiger partial charge in [-0.1, -0.05) is 20.3 Å². The van der Waals surface area contributed by atoms with Gasteiger partial charge in [0.2, 0.25) is 0 Å². The van der Waals surface area contributed by atoms with Crippen molar-refractivity contribution in [3.63, 3.8) is 0 Å². The van der Waals surface area contributed by atoms with Crippen molar-refractivity contribution in [2.24, 2.45) is 11.8 Å². The highest BCUT2D eigenvalue weighted by atomic mass is 15.1. The van der Waals surface area contributed by atoms with Crippen LogP contribution in [0, 0.1) is 11.8 Å². The number of anilines is 2. The average molecular weight is 246 g/mol. The van der Waals surface area contributed by atoms with Gasteiger partial charge in [-0.05, 0) is 48.9 Å². The molecule has 1 aliphatic rings. The maximum Gasteiger partial charge on any atom is 0.0362 e. The van der Waals surface area contributed by atoms with Gasteiger partial charge in [0.25, 0.3) is 0 Å². The summed E-state index contributed by atoms with van der Waals surface area (Å²) in [5.74, 6) is 1.65. The van der Waals surface area contributed by atoms with E-state index in [0.717, 1.165) is 11.8 Å². The van der Waals surface area contributed by atoms with E-state index in [2.05, 4.69) is 62.4 Å². The van der Waals surface area contributed by atoms with E-state index in [9.17, 15) is 0 Å². The van der Waals surface area contributed by atoms with Crippen molar-refractivity contribution in [2.45, 2.75) is 39.2 Å². The molecule has 1 saturated carbocycles. The van der Waals surface area contributed by atoms with Crippen molar-refractivity contribution in [2.75, 3.05) is 24.3 Å². The van der Waals surface area contributed by atoms with Crippen LogP contribution in [0.1, 0.15) is 33.1 Å². The third kappa shape index (κ3) is 3.18. The fourth-order valence-electron chi connectivity index (χ4n) is 2.80. The van der Waals surface area contributed by atoms with Gasteiger partial charge in [-0.25, -0.2) is 0 Å². The molecule has 1 aromatic carbocycles. The Morgan fingerprint density at radius 2 is 1.72 bits per heavy atom. The Hall–Kier alpha value is -1.18. The molecule has 2 heteroatoms. The quantitative estimate of drug-likeness (QED) is 0.867. The molecule has 1 aromatic rings. The van der Waals surface area contributed by atoms with E-state index in [-0.39, 0.29) is 0 Å². The van der Waals surface area contributed by atoms with E-state index in [0.29, 0.717) is 6.04 Å². The molecule has 100 valence electrons. The van der Waals surface area contributed by atoms with E-state index in [1.165, 1.54) is 30.6 Å². The Morgan fingerprint density at radius 3 is 2.33 bits per heavy atom. The van der Waals surface area contributed by atoms with Gasteiger partial charge in [0, 0.05) is 31.5 Å². The lowest BCUT2D eigenvalue weighted by Gasteiger charge is -2.34. The van der Waals surface area contributed by atoms with Crippen LogP contribution in [0.25, 0.3) is 0 Å². The fraction of sp³-hybridized carbons (Fsp3) is 0.625. The maximum absolute atomic E-state index is 3.71. The molecule has 1 fully saturated rings. The summed E-state index contributed by atoms with van der Waals surface area (Å²) in [7, 11) is 4.15. The van der Waals surface area contributed by atoms with Crippen molar-refractivity contribution in [3.8, 4) is 0 Å². The predicted molar refractivity (Wildman–Crippen MR) is 80.4 cm³/mol. The van der Waals surface area contributed by atoms with Crippen molar-refractivity contribution >= 4 is 11.4 Å². The molecule has 0 bridgehead atoms. The minimum atomic E-state index is 0.638. The Bertz CT molecular complexity index is 369. The molecule has 0 saturated heterocycles. The lowest BCUT2D eigenvalue weighted by Crippen LogP contribution is -2.33. The molecule has 2 rings (SSSR count). The molecular formula is C16H26N2. The third-order valence-corrected chi connectivity index (χ3v) is 4.19. The van der Waals surface area contributed by atoms with Crippen LogP contribution in [0.4, 0.5) is 11.4 Å². The predicted octanol–water partition coefficient (Wildman–Crippen LogP) is 3.99. The van der Waals surface area contributed by atoms with Crippen LogP contribution in [0.3, 0.4) is 0 Å². The van der Waals surface area contributed by atoms with Crippen molar-refractivity contribution in [3.05, 3.63) is 24.3 Å². The van der Waals surface area contributed by atoms with Crippen molar-refractivity contribution in [1.29, 1.82) is 0 Å². The van der Waals surface area contributed by atoms with E-state index < -0.39 is 0 Å². The van der Waals surface area contributed by atoms with Crippen molar-refractivity contribution < 1.29 is 0 Å². The molecule has 0 aliphatic heterocycles. The molecule has 2 nitrogen and oxygen atoms in total. The van der Waals surface area contributed by atoms with Crippen molar-refractivity contribution in [1.82, 2.24) is 0 Å². The molecule has 0 amide bonds. The monoisotopic (exact) mass is 246 g/mol. The standard InChI is InChI=1S/C16H26N2/c1-12-5-6-13(2)16(11-12)17-14-7-9-15(10-8-14)18(3)4/h7-10,12-13,16-17H,5-6,11H2,1-4H3. The summed E-state index contributed by atoms with van der Waals surface area (Å²) in [6.45, 7) is 4.74. The van der Waals surface area contributed by atoms with Crippen LogP contribution in [-0.2, 0) is 0 Å². The Kier molecular flexibility index (Phi) is 4.15. The molecule has 3 atom stereocenters. The Labute approximate surface area is 111 Å². The third-order valence-electron chi connectivity index (χ3n) is 4.19. The van der Waals surface area contributed by atoms with Gasteiger partial charge in [-0.15, -0.1) is 0 Å². The maximum atomic E-state index is 3.71. The second-order valence-corrected chi connectivity index (χ2v) is 6.09. The molecule has 1 aliphatic carbocycles. The highest BCUT2D eigenvalue weighted by molar-refractivity contribution is 5.54. The van der Waals surface area contributed by atoms with E-state index in [1.807, 2.05) is 0 Å². The lowest BCUT2D eigenvalue weighted by molar-refractivity contribution is 0.281. The minimum Gasteiger partial charge on any atom is -0.382 e. The summed E-state index contributed by atoms with van der Waals surface area (Å²) in [5, 5.41) is 3.71. The Balaban J connectivity index is 1.99. The van der Waals surface area contributed by atoms with Gasteiger partial charge in [-0.2, -0.15) is 0 Å². The van der Waals surface area contributed by atoms with Crippen LogP contribution in [-0.4, -0.2) is 20.1 Å². The van der Waals surface area contributed by atoms with Crippen LogP contribution in [0.5, 0.6) is 0 Å². The second kappa shape index (κ2) is 5.64. The van der Waals surface area contributed by atoms with Gasteiger partial charge >= 0.3 is 0 Å². The van der Waals surface area contributed by atoms with Gasteiger partial charge in [-0.3, -0.25) is 0 Å². The molecule has 0 heterocycles. The Morgan fingerprint density at radius 1 is 1.06 bits per heavy atom. The van der Waals surface area contributed by atoms with Crippen LogP contribution in [0.2, 0.25) is 0 Å². The summed E-state index contributed by atoms with van der Waals surface area (Å²) >= 11 is 0. The molecule has 3 unspecified atom stereocenters. The first kappa shape index (κ1) is 13.3.